The van der Waals surface area contributed by atoms with Gasteiger partial charge in [-0.15, -0.1) is 0 Å². The number of anilines is 2. The average molecular weight is 389 g/mol. The number of hydrogen-bond acceptors (Lipinski definition) is 2. The van der Waals surface area contributed by atoms with E-state index in [4.69, 9.17) is 11.6 Å². The summed E-state index contributed by atoms with van der Waals surface area (Å²) in [5.74, 6) is -1.10. The molecule has 1 heterocycles. The molecule has 1 aliphatic rings. The number of hydrogen-bond donors (Lipinski definition) is 1. The van der Waals surface area contributed by atoms with E-state index in [1.165, 1.54) is 23.1 Å². The Balaban J connectivity index is 1.78. The highest BCUT2D eigenvalue weighted by Gasteiger charge is 2.35. The SMILES string of the molecule is Cc1cccc(C(C)C)c1NC(=O)C1CC(=O)N(c2ccc(F)c(Cl)c2)C1. The van der Waals surface area contributed by atoms with Crippen molar-refractivity contribution in [1.29, 1.82) is 0 Å². The van der Waals surface area contributed by atoms with Crippen molar-refractivity contribution in [3.63, 3.8) is 0 Å². The van der Waals surface area contributed by atoms with Crippen LogP contribution in [0, 0.1) is 18.7 Å². The van der Waals surface area contributed by atoms with Gasteiger partial charge < -0.3 is 10.2 Å². The monoisotopic (exact) mass is 388 g/mol. The van der Waals surface area contributed by atoms with Gasteiger partial charge in [0.2, 0.25) is 11.8 Å². The van der Waals surface area contributed by atoms with E-state index in [2.05, 4.69) is 19.2 Å². The molecule has 1 unspecified atom stereocenters. The van der Waals surface area contributed by atoms with Crippen LogP contribution in [0.4, 0.5) is 15.8 Å². The molecule has 6 heteroatoms. The molecule has 0 radical (unpaired) electrons. The van der Waals surface area contributed by atoms with Crippen LogP contribution < -0.4 is 10.2 Å². The number of benzene rings is 2. The lowest BCUT2D eigenvalue weighted by atomic mass is 9.97. The Bertz CT molecular complexity index is 898. The molecule has 1 saturated heterocycles. The molecule has 0 aromatic heterocycles. The van der Waals surface area contributed by atoms with Crippen molar-refractivity contribution >= 4 is 34.8 Å². The molecule has 1 atom stereocenters. The Morgan fingerprint density at radius 3 is 2.70 bits per heavy atom. The smallest absolute Gasteiger partial charge is 0.229 e. The third-order valence-corrected chi connectivity index (χ3v) is 5.18. The van der Waals surface area contributed by atoms with E-state index in [1.54, 1.807) is 0 Å². The van der Waals surface area contributed by atoms with Crippen LogP contribution in [0.25, 0.3) is 0 Å². The number of aryl methyl sites for hydroxylation is 1. The van der Waals surface area contributed by atoms with Crippen LogP contribution in [-0.2, 0) is 9.59 Å². The van der Waals surface area contributed by atoms with Gasteiger partial charge in [-0.05, 0) is 42.2 Å². The summed E-state index contributed by atoms with van der Waals surface area (Å²) >= 11 is 5.82. The highest BCUT2D eigenvalue weighted by Crippen LogP contribution is 2.31. The van der Waals surface area contributed by atoms with Crippen LogP contribution in [0.15, 0.2) is 36.4 Å². The standard InChI is InChI=1S/C21H22ClFN2O2/c1-12(2)16-6-4-5-13(3)20(16)24-21(27)14-9-19(26)25(11-14)15-7-8-18(23)17(22)10-15/h4-8,10,12,14H,9,11H2,1-3H3,(H,24,27). The van der Waals surface area contributed by atoms with Gasteiger partial charge in [0, 0.05) is 24.3 Å². The number of amides is 2. The summed E-state index contributed by atoms with van der Waals surface area (Å²) in [4.78, 5) is 26.7. The molecule has 2 amide bonds. The Morgan fingerprint density at radius 2 is 2.04 bits per heavy atom. The lowest BCUT2D eigenvalue weighted by molar-refractivity contribution is -0.122. The van der Waals surface area contributed by atoms with Gasteiger partial charge in [-0.3, -0.25) is 9.59 Å². The number of halogens is 2. The molecule has 2 aromatic rings. The second-order valence-electron chi connectivity index (χ2n) is 7.19. The van der Waals surface area contributed by atoms with Crippen LogP contribution in [0.1, 0.15) is 37.3 Å². The van der Waals surface area contributed by atoms with Crippen molar-refractivity contribution in [3.05, 3.63) is 58.4 Å². The second kappa shape index (κ2) is 7.69. The lowest BCUT2D eigenvalue weighted by Crippen LogP contribution is -2.28. The summed E-state index contributed by atoms with van der Waals surface area (Å²) < 4.78 is 13.4. The van der Waals surface area contributed by atoms with E-state index < -0.39 is 11.7 Å². The summed E-state index contributed by atoms with van der Waals surface area (Å²) in [5, 5.41) is 2.96. The van der Waals surface area contributed by atoms with E-state index in [0.717, 1.165) is 16.8 Å². The number of nitrogens with one attached hydrogen (secondary N) is 1. The maximum absolute atomic E-state index is 13.4. The van der Waals surface area contributed by atoms with Gasteiger partial charge in [-0.2, -0.15) is 0 Å². The molecule has 142 valence electrons. The van der Waals surface area contributed by atoms with Gasteiger partial charge in [0.1, 0.15) is 5.82 Å². The Morgan fingerprint density at radius 1 is 1.30 bits per heavy atom. The first-order chi connectivity index (χ1) is 12.8. The predicted octanol–water partition coefficient (Wildman–Crippen LogP) is 4.90. The fourth-order valence-electron chi connectivity index (χ4n) is 3.35. The molecule has 3 rings (SSSR count). The van der Waals surface area contributed by atoms with E-state index >= 15 is 0 Å². The zero-order valence-electron chi connectivity index (χ0n) is 15.6. The maximum atomic E-state index is 13.4. The third kappa shape index (κ3) is 3.98. The van der Waals surface area contributed by atoms with Crippen molar-refractivity contribution in [1.82, 2.24) is 0 Å². The van der Waals surface area contributed by atoms with E-state index in [9.17, 15) is 14.0 Å². The molecule has 2 aromatic carbocycles. The zero-order chi connectivity index (χ0) is 19.7. The van der Waals surface area contributed by atoms with E-state index in [1.807, 2.05) is 25.1 Å². The zero-order valence-corrected chi connectivity index (χ0v) is 16.3. The summed E-state index contributed by atoms with van der Waals surface area (Å²) in [5.41, 5.74) is 3.37. The first kappa shape index (κ1) is 19.4. The highest BCUT2D eigenvalue weighted by atomic mass is 35.5. The van der Waals surface area contributed by atoms with Gasteiger partial charge in [-0.1, -0.05) is 43.6 Å². The molecular formula is C21H22ClFN2O2. The number of nitrogens with zero attached hydrogens (tertiary/aromatic N) is 1. The van der Waals surface area contributed by atoms with Crippen LogP contribution in [0.5, 0.6) is 0 Å². The molecule has 27 heavy (non-hydrogen) atoms. The van der Waals surface area contributed by atoms with E-state index in [-0.39, 0.29) is 35.7 Å². The molecule has 1 fully saturated rings. The Kier molecular flexibility index (Phi) is 5.51. The maximum Gasteiger partial charge on any atom is 0.229 e. The molecule has 1 N–H and O–H groups in total. The molecule has 0 aliphatic carbocycles. The Labute approximate surface area is 163 Å². The molecule has 0 saturated carbocycles. The normalized spacial score (nSPS) is 16.9. The van der Waals surface area contributed by atoms with Gasteiger partial charge in [0.25, 0.3) is 0 Å². The molecule has 1 aliphatic heterocycles. The first-order valence-corrected chi connectivity index (χ1v) is 9.31. The summed E-state index contributed by atoms with van der Waals surface area (Å²) in [6.07, 6.45) is 0.115. The van der Waals surface area contributed by atoms with Gasteiger partial charge in [-0.25, -0.2) is 4.39 Å². The van der Waals surface area contributed by atoms with Crippen molar-refractivity contribution < 1.29 is 14.0 Å². The minimum absolute atomic E-state index is 0.0466. The summed E-state index contributed by atoms with van der Waals surface area (Å²) in [7, 11) is 0. The van der Waals surface area contributed by atoms with E-state index in [0.29, 0.717) is 5.69 Å². The van der Waals surface area contributed by atoms with Crippen molar-refractivity contribution in [2.24, 2.45) is 5.92 Å². The minimum atomic E-state index is -0.540. The largest absolute Gasteiger partial charge is 0.325 e. The van der Waals surface area contributed by atoms with Crippen LogP contribution in [-0.4, -0.2) is 18.4 Å². The fourth-order valence-corrected chi connectivity index (χ4v) is 3.53. The number of carbonyl (C=O) groups is 2. The van der Waals surface area contributed by atoms with Crippen molar-refractivity contribution in [3.8, 4) is 0 Å². The minimum Gasteiger partial charge on any atom is -0.325 e. The number of carbonyl (C=O) groups excluding carboxylic acids is 2. The molecular weight excluding hydrogens is 367 g/mol. The van der Waals surface area contributed by atoms with Crippen LogP contribution in [0.2, 0.25) is 5.02 Å². The molecule has 4 nitrogen and oxygen atoms in total. The lowest BCUT2D eigenvalue weighted by Gasteiger charge is -2.19. The summed E-state index contributed by atoms with van der Waals surface area (Å²) in [6.45, 7) is 6.34. The summed E-state index contributed by atoms with van der Waals surface area (Å²) in [6, 6.07) is 10.1. The van der Waals surface area contributed by atoms with Gasteiger partial charge in [0.15, 0.2) is 0 Å². The quantitative estimate of drug-likeness (QED) is 0.809. The Hall–Kier alpha value is -2.40. The first-order valence-electron chi connectivity index (χ1n) is 8.93. The van der Waals surface area contributed by atoms with Gasteiger partial charge in [0.05, 0.1) is 10.9 Å². The average Bonchev–Trinajstić information content (AvgIpc) is 3.00. The van der Waals surface area contributed by atoms with Gasteiger partial charge >= 0.3 is 0 Å². The number of rotatable bonds is 4. The third-order valence-electron chi connectivity index (χ3n) is 4.89. The van der Waals surface area contributed by atoms with Crippen LogP contribution >= 0.6 is 11.6 Å². The highest BCUT2D eigenvalue weighted by molar-refractivity contribution is 6.31. The number of para-hydroxylation sites is 1. The molecule has 0 spiro atoms. The molecule has 0 bridgehead atoms. The van der Waals surface area contributed by atoms with Crippen molar-refractivity contribution in [2.75, 3.05) is 16.8 Å². The fraction of sp³-hybridized carbons (Fsp3) is 0.333. The van der Waals surface area contributed by atoms with Crippen LogP contribution in [0.3, 0.4) is 0 Å². The second-order valence-corrected chi connectivity index (χ2v) is 7.59. The topological polar surface area (TPSA) is 49.4 Å². The predicted molar refractivity (Wildman–Crippen MR) is 106 cm³/mol. The van der Waals surface area contributed by atoms with Crippen molar-refractivity contribution in [2.45, 2.75) is 33.1 Å².